The molecule has 2 aromatic carbocycles. The molecule has 0 aromatic heterocycles. The molecule has 0 spiro atoms. The van der Waals surface area contributed by atoms with Gasteiger partial charge in [0.1, 0.15) is 5.75 Å². The Bertz CT molecular complexity index is 650. The molecule has 0 heterocycles. The second kappa shape index (κ2) is 7.83. The van der Waals surface area contributed by atoms with Gasteiger partial charge in [-0.1, -0.05) is 41.6 Å². The van der Waals surface area contributed by atoms with Crippen molar-refractivity contribution in [3.05, 3.63) is 54.1 Å². The first-order valence-corrected chi connectivity index (χ1v) is 6.85. The Hall–Kier alpha value is -2.82. The summed E-state index contributed by atoms with van der Waals surface area (Å²) in [6, 6.07) is 15.4. The van der Waals surface area contributed by atoms with Crippen LogP contribution in [0.4, 0.5) is 4.79 Å². The molecule has 5 heteroatoms. The first-order valence-electron chi connectivity index (χ1n) is 6.85. The van der Waals surface area contributed by atoms with Gasteiger partial charge in [-0.15, -0.1) is 0 Å². The number of hydrogen-bond donors (Lipinski definition) is 0. The molecule has 0 bridgehead atoms. The molecule has 0 atom stereocenters. The highest BCUT2D eigenvalue weighted by Gasteiger charge is 2.04. The van der Waals surface area contributed by atoms with Gasteiger partial charge < -0.3 is 9.47 Å². The van der Waals surface area contributed by atoms with Gasteiger partial charge in [0.15, 0.2) is 0 Å². The van der Waals surface area contributed by atoms with Crippen LogP contribution in [-0.4, -0.2) is 26.1 Å². The van der Waals surface area contributed by atoms with E-state index in [0.29, 0.717) is 0 Å². The van der Waals surface area contributed by atoms with Gasteiger partial charge in [-0.05, 0) is 30.2 Å². The van der Waals surface area contributed by atoms with Crippen molar-refractivity contribution in [2.24, 2.45) is 5.16 Å². The van der Waals surface area contributed by atoms with Gasteiger partial charge >= 0.3 is 6.16 Å². The Labute approximate surface area is 129 Å². The van der Waals surface area contributed by atoms with Crippen molar-refractivity contribution in [1.82, 2.24) is 0 Å². The molecule has 0 aliphatic carbocycles. The molecule has 0 aliphatic rings. The number of carbonyl (C=O) groups excluding carboxylic acids is 1. The van der Waals surface area contributed by atoms with Crippen LogP contribution in [0.3, 0.4) is 0 Å². The highest BCUT2D eigenvalue weighted by molar-refractivity contribution is 5.90. The summed E-state index contributed by atoms with van der Waals surface area (Å²) in [6.07, 6.45) is 0.664. The Morgan fingerprint density at radius 1 is 1.14 bits per heavy atom. The zero-order valence-corrected chi connectivity index (χ0v) is 12.5. The van der Waals surface area contributed by atoms with Crippen molar-refractivity contribution >= 4 is 12.4 Å². The molecular weight excluding hydrogens is 282 g/mol. The number of benzene rings is 2. The Kier molecular flexibility index (Phi) is 5.54. The van der Waals surface area contributed by atoms with Gasteiger partial charge in [0.2, 0.25) is 0 Å². The van der Waals surface area contributed by atoms with Gasteiger partial charge in [0, 0.05) is 5.56 Å². The largest absolute Gasteiger partial charge is 0.535 e. The fourth-order valence-electron chi connectivity index (χ4n) is 1.91. The van der Waals surface area contributed by atoms with Crippen LogP contribution in [0.15, 0.2) is 53.7 Å². The van der Waals surface area contributed by atoms with Crippen LogP contribution in [0, 0.1) is 0 Å². The van der Waals surface area contributed by atoms with Crippen LogP contribution >= 0.6 is 0 Å². The number of nitrogens with zero attached hydrogens (tertiary/aromatic N) is 1. The smallest absolute Gasteiger partial charge is 0.497 e. The zero-order valence-electron chi connectivity index (χ0n) is 12.5. The molecule has 0 unspecified atom stereocenters. The number of hydrogen-bond acceptors (Lipinski definition) is 5. The average molecular weight is 299 g/mol. The molecular formula is C17H17NO4. The molecule has 0 saturated heterocycles. The standard InChI is InChI=1S/C17H17NO4/c1-3-21-17(19)22-18-12-14-6-4-5-7-16(14)13-8-10-15(20-2)11-9-13/h4-12H,3H2,1-2H3/b18-12+. The van der Waals surface area contributed by atoms with Crippen molar-refractivity contribution < 1.29 is 19.1 Å². The summed E-state index contributed by atoms with van der Waals surface area (Å²) in [7, 11) is 1.63. The predicted molar refractivity (Wildman–Crippen MR) is 84.1 cm³/mol. The molecule has 0 saturated carbocycles. The minimum Gasteiger partial charge on any atom is -0.497 e. The minimum absolute atomic E-state index is 0.247. The Balaban J connectivity index is 2.19. The lowest BCUT2D eigenvalue weighted by Gasteiger charge is -2.07. The summed E-state index contributed by atoms with van der Waals surface area (Å²) in [4.78, 5) is 15.7. The van der Waals surface area contributed by atoms with E-state index in [2.05, 4.69) is 14.7 Å². The summed E-state index contributed by atoms with van der Waals surface area (Å²) in [5.74, 6) is 0.792. The van der Waals surface area contributed by atoms with Crippen molar-refractivity contribution in [3.8, 4) is 16.9 Å². The number of carbonyl (C=O) groups is 1. The highest BCUT2D eigenvalue weighted by atomic mass is 16.8. The molecule has 114 valence electrons. The zero-order chi connectivity index (χ0) is 15.8. The van der Waals surface area contributed by atoms with E-state index in [0.717, 1.165) is 22.4 Å². The van der Waals surface area contributed by atoms with E-state index in [-0.39, 0.29) is 6.61 Å². The third-order valence-electron chi connectivity index (χ3n) is 2.94. The molecule has 0 aliphatic heterocycles. The first kappa shape index (κ1) is 15.6. The number of ether oxygens (including phenoxy) is 2. The lowest BCUT2D eigenvalue weighted by atomic mass is 10.0. The van der Waals surface area contributed by atoms with Crippen LogP contribution in [0.5, 0.6) is 5.75 Å². The second-order valence-electron chi connectivity index (χ2n) is 4.32. The lowest BCUT2D eigenvalue weighted by molar-refractivity contribution is 0.0618. The predicted octanol–water partition coefficient (Wildman–Crippen LogP) is 3.87. The first-order chi connectivity index (χ1) is 10.7. The SMILES string of the molecule is CCOC(=O)O/N=C/c1ccccc1-c1ccc(OC)cc1. The molecule has 2 rings (SSSR count). The molecule has 0 N–H and O–H groups in total. The molecule has 22 heavy (non-hydrogen) atoms. The van der Waals surface area contributed by atoms with Gasteiger partial charge in [0.25, 0.3) is 0 Å². The van der Waals surface area contributed by atoms with Crippen LogP contribution in [0.2, 0.25) is 0 Å². The average Bonchev–Trinajstić information content (AvgIpc) is 2.56. The lowest BCUT2D eigenvalue weighted by Crippen LogP contribution is -2.03. The van der Waals surface area contributed by atoms with Crippen LogP contribution in [-0.2, 0) is 9.57 Å². The fourth-order valence-corrected chi connectivity index (χ4v) is 1.91. The monoisotopic (exact) mass is 299 g/mol. The summed E-state index contributed by atoms with van der Waals surface area (Å²) in [5.41, 5.74) is 2.82. The van der Waals surface area contributed by atoms with Gasteiger partial charge in [-0.3, -0.25) is 4.84 Å². The Morgan fingerprint density at radius 3 is 2.55 bits per heavy atom. The maximum absolute atomic E-state index is 11.1. The maximum atomic E-state index is 11.1. The third-order valence-corrected chi connectivity index (χ3v) is 2.94. The van der Waals surface area contributed by atoms with Crippen LogP contribution in [0.25, 0.3) is 11.1 Å². The molecule has 5 nitrogen and oxygen atoms in total. The van der Waals surface area contributed by atoms with Gasteiger partial charge in [-0.25, -0.2) is 4.79 Å². The van der Waals surface area contributed by atoms with E-state index in [1.165, 1.54) is 6.21 Å². The minimum atomic E-state index is -0.819. The van der Waals surface area contributed by atoms with E-state index >= 15 is 0 Å². The number of rotatable bonds is 5. The summed E-state index contributed by atoms with van der Waals surface area (Å²) >= 11 is 0. The van der Waals surface area contributed by atoms with Gasteiger partial charge in [0.05, 0.1) is 19.9 Å². The maximum Gasteiger partial charge on any atom is 0.535 e. The normalized spacial score (nSPS) is 10.5. The van der Waals surface area contributed by atoms with Crippen molar-refractivity contribution in [2.45, 2.75) is 6.92 Å². The molecule has 0 radical (unpaired) electrons. The quantitative estimate of drug-likeness (QED) is 0.364. The highest BCUT2D eigenvalue weighted by Crippen LogP contribution is 2.24. The number of methoxy groups -OCH3 is 1. The molecule has 0 fully saturated rings. The van der Waals surface area contributed by atoms with Crippen molar-refractivity contribution in [2.75, 3.05) is 13.7 Å². The summed E-state index contributed by atoms with van der Waals surface area (Å²) < 4.78 is 9.78. The van der Waals surface area contributed by atoms with Crippen molar-refractivity contribution in [3.63, 3.8) is 0 Å². The number of oxime groups is 1. The van der Waals surface area contributed by atoms with E-state index in [4.69, 9.17) is 4.74 Å². The topological polar surface area (TPSA) is 57.1 Å². The second-order valence-corrected chi connectivity index (χ2v) is 4.32. The van der Waals surface area contributed by atoms with E-state index in [1.807, 2.05) is 48.5 Å². The van der Waals surface area contributed by atoms with E-state index in [1.54, 1.807) is 14.0 Å². The van der Waals surface area contributed by atoms with E-state index in [9.17, 15) is 4.79 Å². The van der Waals surface area contributed by atoms with Gasteiger partial charge in [-0.2, -0.15) is 0 Å². The molecule has 0 amide bonds. The summed E-state index contributed by atoms with van der Waals surface area (Å²) in [5, 5.41) is 3.66. The fraction of sp³-hybridized carbons (Fsp3) is 0.176. The van der Waals surface area contributed by atoms with Crippen molar-refractivity contribution in [1.29, 1.82) is 0 Å². The summed E-state index contributed by atoms with van der Waals surface area (Å²) in [6.45, 7) is 1.95. The third kappa shape index (κ3) is 4.09. The van der Waals surface area contributed by atoms with Crippen LogP contribution in [0.1, 0.15) is 12.5 Å². The molecule has 2 aromatic rings. The van der Waals surface area contributed by atoms with E-state index < -0.39 is 6.16 Å². The van der Waals surface area contributed by atoms with Crippen LogP contribution < -0.4 is 4.74 Å². The Morgan fingerprint density at radius 2 is 1.86 bits per heavy atom.